The van der Waals surface area contributed by atoms with Gasteiger partial charge < -0.3 is 14.9 Å². The number of hydrogen-bond acceptors (Lipinski definition) is 5. The molecule has 1 rings (SSSR count). The Bertz CT molecular complexity index is 388. The molecule has 18 heavy (non-hydrogen) atoms. The maximum atomic E-state index is 11.9. The molecular weight excluding hydrogens is 264 g/mol. The van der Waals surface area contributed by atoms with Crippen LogP contribution in [0.3, 0.4) is 0 Å². The van der Waals surface area contributed by atoms with Gasteiger partial charge in [0.05, 0.1) is 12.2 Å². The second-order valence-corrected chi connectivity index (χ2v) is 6.04. The molecule has 0 radical (unpaired) electrons. The van der Waals surface area contributed by atoms with Crippen molar-refractivity contribution in [1.82, 2.24) is 9.03 Å². The third-order valence-electron chi connectivity index (χ3n) is 2.47. The van der Waals surface area contributed by atoms with Crippen LogP contribution in [0.5, 0.6) is 0 Å². The van der Waals surface area contributed by atoms with E-state index in [0.29, 0.717) is 0 Å². The number of aliphatic hydroxyl groups is 1. The Balaban J connectivity index is 2.60. The van der Waals surface area contributed by atoms with Gasteiger partial charge in [0.2, 0.25) is 0 Å². The van der Waals surface area contributed by atoms with Crippen LogP contribution in [0.1, 0.15) is 13.8 Å². The molecule has 0 saturated carbocycles. The van der Waals surface area contributed by atoms with E-state index in [0.717, 1.165) is 0 Å². The predicted octanol–water partition coefficient (Wildman–Crippen LogP) is -1.62. The Morgan fingerprint density at radius 2 is 1.94 bits per heavy atom. The molecule has 3 N–H and O–H groups in total. The van der Waals surface area contributed by atoms with E-state index in [9.17, 15) is 13.2 Å². The van der Waals surface area contributed by atoms with Crippen LogP contribution in [-0.4, -0.2) is 66.9 Å². The summed E-state index contributed by atoms with van der Waals surface area (Å²) in [6.45, 7) is 3.35. The first-order valence-corrected chi connectivity index (χ1v) is 6.97. The van der Waals surface area contributed by atoms with Crippen LogP contribution >= 0.6 is 0 Å². The number of carbonyl (C=O) groups is 1. The first-order chi connectivity index (χ1) is 8.22. The van der Waals surface area contributed by atoms with Crippen molar-refractivity contribution in [3.8, 4) is 0 Å². The fourth-order valence-electron chi connectivity index (χ4n) is 1.69. The van der Waals surface area contributed by atoms with Gasteiger partial charge in [-0.05, 0) is 13.8 Å². The maximum absolute atomic E-state index is 11.9. The lowest BCUT2D eigenvalue weighted by molar-refractivity contribution is -0.146. The van der Waals surface area contributed by atoms with Crippen LogP contribution < -0.4 is 4.72 Å². The monoisotopic (exact) mass is 282 g/mol. The zero-order chi connectivity index (χ0) is 13.9. The molecular formula is C9H18N2O6S. The molecule has 3 atom stereocenters. The van der Waals surface area contributed by atoms with Crippen LogP contribution in [0.15, 0.2) is 0 Å². The van der Waals surface area contributed by atoms with Gasteiger partial charge in [0.1, 0.15) is 0 Å². The van der Waals surface area contributed by atoms with E-state index in [-0.39, 0.29) is 25.3 Å². The van der Waals surface area contributed by atoms with Gasteiger partial charge in [0, 0.05) is 19.6 Å². The normalized spacial score (nSPS) is 27.9. The number of hydrogen-bond donors (Lipinski definition) is 3. The van der Waals surface area contributed by atoms with Gasteiger partial charge >= 0.3 is 5.97 Å². The topological polar surface area (TPSA) is 116 Å². The zero-order valence-corrected chi connectivity index (χ0v) is 11.1. The van der Waals surface area contributed by atoms with Crippen molar-refractivity contribution in [2.24, 2.45) is 0 Å². The minimum Gasteiger partial charge on any atom is -0.479 e. The molecule has 1 aliphatic rings. The van der Waals surface area contributed by atoms with E-state index in [1.54, 1.807) is 13.8 Å². The molecule has 0 spiro atoms. The highest BCUT2D eigenvalue weighted by molar-refractivity contribution is 7.87. The van der Waals surface area contributed by atoms with Gasteiger partial charge in [-0.3, -0.25) is 0 Å². The number of aliphatic hydroxyl groups excluding tert-OH is 1. The summed E-state index contributed by atoms with van der Waals surface area (Å²) in [7, 11) is -3.80. The number of rotatable bonds is 5. The predicted molar refractivity (Wildman–Crippen MR) is 62.1 cm³/mol. The summed E-state index contributed by atoms with van der Waals surface area (Å²) in [6.07, 6.45) is -2.21. The lowest BCUT2D eigenvalue weighted by atomic mass is 10.3. The fraction of sp³-hybridized carbons (Fsp3) is 0.889. The van der Waals surface area contributed by atoms with Gasteiger partial charge in [-0.15, -0.1) is 0 Å². The smallest absolute Gasteiger partial charge is 0.333 e. The Kier molecular flexibility index (Phi) is 5.05. The van der Waals surface area contributed by atoms with Crippen LogP contribution in [0, 0.1) is 0 Å². The van der Waals surface area contributed by atoms with Crippen LogP contribution in [0.2, 0.25) is 0 Å². The highest BCUT2D eigenvalue weighted by Crippen LogP contribution is 2.13. The molecule has 106 valence electrons. The van der Waals surface area contributed by atoms with Crippen molar-refractivity contribution in [2.75, 3.05) is 19.6 Å². The highest BCUT2D eigenvalue weighted by Gasteiger charge is 2.31. The minimum absolute atomic E-state index is 0.197. The number of carboxylic acids is 1. The first kappa shape index (κ1) is 15.3. The number of ether oxygens (including phenoxy) is 1. The number of carboxylic acid groups (broad SMARTS) is 1. The molecule has 0 aromatic carbocycles. The molecule has 0 bridgehead atoms. The molecule has 0 aliphatic carbocycles. The Morgan fingerprint density at radius 1 is 1.44 bits per heavy atom. The second kappa shape index (κ2) is 5.93. The lowest BCUT2D eigenvalue weighted by Crippen LogP contribution is -2.53. The number of aliphatic carboxylic acids is 1. The molecule has 0 aromatic rings. The van der Waals surface area contributed by atoms with Crippen molar-refractivity contribution < 1.29 is 28.2 Å². The van der Waals surface area contributed by atoms with Gasteiger partial charge in [0.15, 0.2) is 6.10 Å². The van der Waals surface area contributed by atoms with E-state index in [4.69, 9.17) is 14.9 Å². The van der Waals surface area contributed by atoms with Gasteiger partial charge in [0.25, 0.3) is 10.2 Å². The first-order valence-electron chi connectivity index (χ1n) is 5.53. The van der Waals surface area contributed by atoms with Gasteiger partial charge in [-0.1, -0.05) is 0 Å². The van der Waals surface area contributed by atoms with Crippen molar-refractivity contribution in [1.29, 1.82) is 0 Å². The fourth-order valence-corrected chi connectivity index (χ4v) is 3.05. The number of morpholine rings is 1. The summed E-state index contributed by atoms with van der Waals surface area (Å²) in [5, 5.41) is 17.5. The highest BCUT2D eigenvalue weighted by atomic mass is 32.2. The quantitative estimate of drug-likeness (QED) is 0.558. The number of nitrogens with zero attached hydrogens (tertiary/aromatic N) is 1. The van der Waals surface area contributed by atoms with E-state index in [1.165, 1.54) is 4.31 Å². The minimum atomic E-state index is -3.80. The largest absolute Gasteiger partial charge is 0.479 e. The third-order valence-corrected chi connectivity index (χ3v) is 3.98. The van der Waals surface area contributed by atoms with E-state index < -0.39 is 28.8 Å². The third kappa shape index (κ3) is 4.18. The lowest BCUT2D eigenvalue weighted by Gasteiger charge is -2.34. The van der Waals surface area contributed by atoms with E-state index in [1.807, 2.05) is 0 Å². The number of nitrogens with one attached hydrogen (secondary N) is 1. The standard InChI is InChI=1S/C9H18N2O6S/c1-6-4-11(5-7(2)17-6)18(15,16)10-3-8(12)9(13)14/h6-8,10,12H,3-5H2,1-2H3,(H,13,14)/t6?,7?,8-/m0/s1. The summed E-state index contributed by atoms with van der Waals surface area (Å²) in [5.41, 5.74) is 0. The molecule has 1 saturated heterocycles. The molecule has 0 amide bonds. The Labute approximate surface area is 106 Å². The van der Waals surface area contributed by atoms with Crippen molar-refractivity contribution in [2.45, 2.75) is 32.2 Å². The molecule has 2 unspecified atom stereocenters. The van der Waals surface area contributed by atoms with Gasteiger partial charge in [-0.2, -0.15) is 17.4 Å². The summed E-state index contributed by atoms with van der Waals surface area (Å²) in [4.78, 5) is 10.4. The van der Waals surface area contributed by atoms with Crippen LogP contribution in [0.25, 0.3) is 0 Å². The summed E-state index contributed by atoms with van der Waals surface area (Å²) in [5.74, 6) is -1.47. The maximum Gasteiger partial charge on any atom is 0.333 e. The second-order valence-electron chi connectivity index (χ2n) is 4.28. The molecule has 1 heterocycles. The van der Waals surface area contributed by atoms with Crippen molar-refractivity contribution in [3.63, 3.8) is 0 Å². The average molecular weight is 282 g/mol. The van der Waals surface area contributed by atoms with E-state index in [2.05, 4.69) is 4.72 Å². The summed E-state index contributed by atoms with van der Waals surface area (Å²) in [6, 6.07) is 0. The van der Waals surface area contributed by atoms with Crippen LogP contribution in [-0.2, 0) is 19.7 Å². The summed E-state index contributed by atoms with van der Waals surface area (Å²) < 4.78 is 32.4. The molecule has 8 nitrogen and oxygen atoms in total. The van der Waals surface area contributed by atoms with Crippen molar-refractivity contribution >= 4 is 16.2 Å². The van der Waals surface area contributed by atoms with E-state index >= 15 is 0 Å². The zero-order valence-electron chi connectivity index (χ0n) is 10.2. The molecule has 0 aromatic heterocycles. The summed E-state index contributed by atoms with van der Waals surface area (Å²) >= 11 is 0. The molecule has 1 fully saturated rings. The van der Waals surface area contributed by atoms with Crippen molar-refractivity contribution in [3.05, 3.63) is 0 Å². The van der Waals surface area contributed by atoms with Crippen LogP contribution in [0.4, 0.5) is 0 Å². The SMILES string of the molecule is CC1CN(S(=O)(=O)NC[C@H](O)C(=O)O)CC(C)O1. The Hall–Kier alpha value is -0.740. The van der Waals surface area contributed by atoms with Gasteiger partial charge in [-0.25, -0.2) is 4.79 Å². The average Bonchev–Trinajstić information content (AvgIpc) is 2.24. The Morgan fingerprint density at radius 3 is 2.39 bits per heavy atom. The molecule has 9 heteroatoms. The molecule has 1 aliphatic heterocycles.